The molecule has 1 aliphatic rings. The lowest BCUT2D eigenvalue weighted by atomic mass is 10.1. The summed E-state index contributed by atoms with van der Waals surface area (Å²) in [7, 11) is 0. The minimum absolute atomic E-state index is 0.478. The second-order valence-corrected chi connectivity index (χ2v) is 5.05. The van der Waals surface area contributed by atoms with Crippen molar-refractivity contribution in [3.05, 3.63) is 34.0 Å². The second-order valence-electron chi connectivity index (χ2n) is 4.02. The quantitative estimate of drug-likeness (QED) is 0.863. The molecule has 5 heteroatoms. The first-order valence-corrected chi connectivity index (χ1v) is 6.35. The molecule has 2 aromatic rings. The molecule has 2 aromatic heterocycles. The molecule has 1 unspecified atom stereocenters. The Balaban J connectivity index is 1.87. The molecule has 3 heterocycles. The van der Waals surface area contributed by atoms with Crippen LogP contribution in [-0.4, -0.2) is 19.9 Å². The van der Waals surface area contributed by atoms with E-state index >= 15 is 0 Å². The fourth-order valence-electron chi connectivity index (χ4n) is 2.02. The minimum Gasteiger partial charge on any atom is -0.372 e. The Morgan fingerprint density at radius 1 is 1.56 bits per heavy atom. The van der Waals surface area contributed by atoms with Gasteiger partial charge in [0.25, 0.3) is 0 Å². The van der Waals surface area contributed by atoms with Crippen LogP contribution in [0, 0.1) is 0 Å². The zero-order valence-corrected chi connectivity index (χ0v) is 9.65. The molecule has 84 valence electrons. The molecule has 0 saturated heterocycles. The van der Waals surface area contributed by atoms with Gasteiger partial charge in [0.05, 0.1) is 0 Å². The van der Waals surface area contributed by atoms with Gasteiger partial charge in [0.2, 0.25) is 0 Å². The van der Waals surface area contributed by atoms with E-state index in [0.29, 0.717) is 0 Å². The van der Waals surface area contributed by atoms with Gasteiger partial charge in [-0.05, 0) is 24.3 Å². The topological polar surface area (TPSA) is 50.9 Å². The normalized spacial score (nSPS) is 19.7. The SMILES string of the molecule is OC1CCCc2nc(Cc3cccs3)nn21. The summed E-state index contributed by atoms with van der Waals surface area (Å²) in [4.78, 5) is 5.74. The molecule has 0 spiro atoms. The number of fused-ring (bicyclic) bond motifs is 1. The van der Waals surface area contributed by atoms with Crippen LogP contribution in [0.2, 0.25) is 0 Å². The third-order valence-corrected chi connectivity index (χ3v) is 3.68. The lowest BCUT2D eigenvalue weighted by Gasteiger charge is -2.17. The largest absolute Gasteiger partial charge is 0.372 e. The summed E-state index contributed by atoms with van der Waals surface area (Å²) in [6.45, 7) is 0. The van der Waals surface area contributed by atoms with E-state index in [1.54, 1.807) is 16.0 Å². The summed E-state index contributed by atoms with van der Waals surface area (Å²) in [6.07, 6.45) is 3.00. The van der Waals surface area contributed by atoms with E-state index in [2.05, 4.69) is 21.5 Å². The first-order valence-electron chi connectivity index (χ1n) is 5.47. The van der Waals surface area contributed by atoms with Gasteiger partial charge < -0.3 is 5.11 Å². The van der Waals surface area contributed by atoms with E-state index in [-0.39, 0.29) is 0 Å². The Kier molecular flexibility index (Phi) is 2.49. The first kappa shape index (κ1) is 9.99. The molecule has 0 fully saturated rings. The standard InChI is InChI=1S/C11H13N3OS/c15-11-5-1-4-10-12-9(13-14(10)11)7-8-3-2-6-16-8/h2-3,6,11,15H,1,4-5,7H2. The molecule has 1 aliphatic heterocycles. The van der Waals surface area contributed by atoms with Crippen molar-refractivity contribution in [2.24, 2.45) is 0 Å². The summed E-state index contributed by atoms with van der Waals surface area (Å²) < 4.78 is 1.67. The minimum atomic E-state index is -0.478. The molecule has 3 rings (SSSR count). The lowest BCUT2D eigenvalue weighted by Crippen LogP contribution is -2.18. The van der Waals surface area contributed by atoms with E-state index < -0.39 is 6.23 Å². The van der Waals surface area contributed by atoms with Gasteiger partial charge in [-0.25, -0.2) is 9.67 Å². The van der Waals surface area contributed by atoms with Crippen molar-refractivity contribution in [3.8, 4) is 0 Å². The van der Waals surface area contributed by atoms with Crippen LogP contribution in [0.3, 0.4) is 0 Å². The smallest absolute Gasteiger partial charge is 0.156 e. The van der Waals surface area contributed by atoms with Crippen LogP contribution in [0.15, 0.2) is 17.5 Å². The van der Waals surface area contributed by atoms with Crippen LogP contribution >= 0.6 is 11.3 Å². The number of aliphatic hydroxyl groups is 1. The third kappa shape index (κ3) is 1.76. The first-order chi connectivity index (χ1) is 7.83. The lowest BCUT2D eigenvalue weighted by molar-refractivity contribution is 0.0644. The zero-order valence-electron chi connectivity index (χ0n) is 8.83. The number of thiophene rings is 1. The summed E-state index contributed by atoms with van der Waals surface area (Å²) in [5.41, 5.74) is 0. The summed E-state index contributed by atoms with van der Waals surface area (Å²) in [5.74, 6) is 1.74. The Morgan fingerprint density at radius 3 is 3.25 bits per heavy atom. The fraction of sp³-hybridized carbons (Fsp3) is 0.455. The van der Waals surface area contributed by atoms with E-state index in [4.69, 9.17) is 0 Å². The van der Waals surface area contributed by atoms with Crippen molar-refractivity contribution in [3.63, 3.8) is 0 Å². The molecule has 1 N–H and O–H groups in total. The number of rotatable bonds is 2. The van der Waals surface area contributed by atoms with Crippen LogP contribution in [0.5, 0.6) is 0 Å². The predicted molar refractivity (Wildman–Crippen MR) is 61.3 cm³/mol. The molecule has 0 amide bonds. The highest BCUT2D eigenvalue weighted by molar-refractivity contribution is 7.09. The van der Waals surface area contributed by atoms with Gasteiger partial charge in [0.15, 0.2) is 5.82 Å². The monoisotopic (exact) mass is 235 g/mol. The molecule has 0 radical (unpaired) electrons. The van der Waals surface area contributed by atoms with Crippen LogP contribution < -0.4 is 0 Å². The van der Waals surface area contributed by atoms with E-state index in [1.807, 2.05) is 6.07 Å². The van der Waals surface area contributed by atoms with Crippen LogP contribution in [0.25, 0.3) is 0 Å². The van der Waals surface area contributed by atoms with Crippen LogP contribution in [-0.2, 0) is 12.8 Å². The van der Waals surface area contributed by atoms with Gasteiger partial charge in [0, 0.05) is 17.7 Å². The number of hydrogen-bond acceptors (Lipinski definition) is 4. The van der Waals surface area contributed by atoms with Crippen molar-refractivity contribution in [1.29, 1.82) is 0 Å². The van der Waals surface area contributed by atoms with Gasteiger partial charge in [0.1, 0.15) is 12.1 Å². The van der Waals surface area contributed by atoms with E-state index in [0.717, 1.165) is 37.3 Å². The summed E-state index contributed by atoms with van der Waals surface area (Å²) >= 11 is 1.71. The predicted octanol–water partition coefficient (Wildman–Crippen LogP) is 1.76. The van der Waals surface area contributed by atoms with Crippen molar-refractivity contribution in [1.82, 2.24) is 14.8 Å². The molecular weight excluding hydrogens is 222 g/mol. The molecule has 16 heavy (non-hydrogen) atoms. The van der Waals surface area contributed by atoms with Gasteiger partial charge in [-0.3, -0.25) is 0 Å². The molecule has 0 aliphatic carbocycles. The second kappa shape index (κ2) is 3.99. The highest BCUT2D eigenvalue weighted by atomic mass is 32.1. The van der Waals surface area contributed by atoms with Gasteiger partial charge in [-0.2, -0.15) is 5.10 Å². The zero-order chi connectivity index (χ0) is 11.0. The van der Waals surface area contributed by atoms with Gasteiger partial charge in [-0.15, -0.1) is 11.3 Å². The maximum atomic E-state index is 9.76. The molecular formula is C11H13N3OS. The molecule has 0 saturated carbocycles. The highest BCUT2D eigenvalue weighted by Gasteiger charge is 2.20. The number of aliphatic hydroxyl groups excluding tert-OH is 1. The number of aromatic nitrogens is 3. The van der Waals surface area contributed by atoms with Crippen molar-refractivity contribution >= 4 is 11.3 Å². The van der Waals surface area contributed by atoms with E-state index in [9.17, 15) is 5.11 Å². The average Bonchev–Trinajstić information content (AvgIpc) is 2.88. The Bertz CT molecular complexity index is 477. The molecule has 4 nitrogen and oxygen atoms in total. The average molecular weight is 235 g/mol. The van der Waals surface area contributed by atoms with Crippen LogP contribution in [0.1, 0.15) is 35.6 Å². The van der Waals surface area contributed by atoms with Crippen molar-refractivity contribution in [2.45, 2.75) is 31.9 Å². The fourth-order valence-corrected chi connectivity index (χ4v) is 2.72. The maximum absolute atomic E-state index is 9.76. The van der Waals surface area contributed by atoms with Crippen LogP contribution in [0.4, 0.5) is 0 Å². The number of hydrogen-bond donors (Lipinski definition) is 1. The van der Waals surface area contributed by atoms with Crippen molar-refractivity contribution < 1.29 is 5.11 Å². The molecule has 1 atom stereocenters. The number of nitrogens with zero attached hydrogens (tertiary/aromatic N) is 3. The number of aryl methyl sites for hydroxylation is 1. The highest BCUT2D eigenvalue weighted by Crippen LogP contribution is 2.21. The summed E-state index contributed by atoms with van der Waals surface area (Å²) in [5, 5.41) is 16.2. The summed E-state index contributed by atoms with van der Waals surface area (Å²) in [6, 6.07) is 4.12. The molecule has 0 aromatic carbocycles. The van der Waals surface area contributed by atoms with Gasteiger partial charge >= 0.3 is 0 Å². The Morgan fingerprint density at radius 2 is 2.50 bits per heavy atom. The van der Waals surface area contributed by atoms with E-state index in [1.165, 1.54) is 4.88 Å². The Labute approximate surface area is 97.6 Å². The van der Waals surface area contributed by atoms with Gasteiger partial charge in [-0.1, -0.05) is 6.07 Å². The third-order valence-electron chi connectivity index (χ3n) is 2.80. The Hall–Kier alpha value is -1.20. The molecule has 0 bridgehead atoms. The maximum Gasteiger partial charge on any atom is 0.156 e. The van der Waals surface area contributed by atoms with Crippen molar-refractivity contribution in [2.75, 3.05) is 0 Å².